The molecule has 0 saturated carbocycles. The number of ether oxygens (including phenoxy) is 1. The molecule has 1 saturated heterocycles. The van der Waals surface area contributed by atoms with Gasteiger partial charge in [-0.2, -0.15) is 0 Å². The van der Waals surface area contributed by atoms with Crippen molar-refractivity contribution < 1.29 is 9.53 Å². The molecule has 4 nitrogen and oxygen atoms in total. The monoisotopic (exact) mass is 248 g/mol. The van der Waals surface area contributed by atoms with Crippen LogP contribution in [0.5, 0.6) is 5.75 Å². The smallest absolute Gasteiger partial charge is 0.254 e. The molecule has 18 heavy (non-hydrogen) atoms. The van der Waals surface area contributed by atoms with E-state index in [1.807, 2.05) is 30.1 Å². The Morgan fingerprint density at radius 3 is 3.00 bits per heavy atom. The minimum absolute atomic E-state index is 0.0580. The Hall–Kier alpha value is -1.55. The summed E-state index contributed by atoms with van der Waals surface area (Å²) >= 11 is 0. The molecule has 1 atom stereocenters. The van der Waals surface area contributed by atoms with Crippen molar-refractivity contribution in [3.05, 3.63) is 29.8 Å². The largest absolute Gasteiger partial charge is 0.497 e. The minimum Gasteiger partial charge on any atom is -0.497 e. The van der Waals surface area contributed by atoms with E-state index in [1.54, 1.807) is 13.2 Å². The van der Waals surface area contributed by atoms with Crippen molar-refractivity contribution >= 4 is 5.91 Å². The maximum Gasteiger partial charge on any atom is 0.254 e. The molecule has 0 bridgehead atoms. The zero-order valence-corrected chi connectivity index (χ0v) is 11.0. The molecule has 0 radical (unpaired) electrons. The molecule has 1 fully saturated rings. The van der Waals surface area contributed by atoms with Crippen LogP contribution < -0.4 is 10.1 Å². The number of methoxy groups -OCH3 is 1. The third kappa shape index (κ3) is 2.82. The number of amides is 1. The molecule has 0 aliphatic carbocycles. The highest BCUT2D eigenvalue weighted by atomic mass is 16.5. The Morgan fingerprint density at radius 1 is 1.50 bits per heavy atom. The van der Waals surface area contributed by atoms with Gasteiger partial charge in [-0.1, -0.05) is 6.07 Å². The number of carbonyl (C=O) groups is 1. The number of piperidine rings is 1. The average molecular weight is 248 g/mol. The van der Waals surface area contributed by atoms with E-state index in [0.717, 1.165) is 31.7 Å². The molecule has 0 spiro atoms. The first kappa shape index (κ1) is 12.9. The number of rotatable bonds is 3. The quantitative estimate of drug-likeness (QED) is 0.881. The molecule has 98 valence electrons. The zero-order valence-electron chi connectivity index (χ0n) is 11.0. The van der Waals surface area contributed by atoms with Crippen LogP contribution in [0, 0.1) is 0 Å². The molecular formula is C14H20N2O2. The van der Waals surface area contributed by atoms with Gasteiger partial charge in [-0.3, -0.25) is 4.79 Å². The van der Waals surface area contributed by atoms with Gasteiger partial charge in [0, 0.05) is 25.2 Å². The zero-order chi connectivity index (χ0) is 13.0. The standard InChI is InChI=1S/C14H20N2O2/c1-16(12-6-4-8-15-10-12)14(17)11-5-3-7-13(9-11)18-2/h3,5,7,9,12,15H,4,6,8,10H2,1-2H3. The van der Waals surface area contributed by atoms with Crippen molar-refractivity contribution in [1.82, 2.24) is 10.2 Å². The van der Waals surface area contributed by atoms with Crippen molar-refractivity contribution in [2.45, 2.75) is 18.9 Å². The first-order valence-electron chi connectivity index (χ1n) is 6.34. The van der Waals surface area contributed by atoms with Crippen molar-refractivity contribution in [2.75, 3.05) is 27.2 Å². The summed E-state index contributed by atoms with van der Waals surface area (Å²) in [6, 6.07) is 7.60. The van der Waals surface area contributed by atoms with E-state index in [1.165, 1.54) is 0 Å². The second-order valence-electron chi connectivity index (χ2n) is 4.65. The van der Waals surface area contributed by atoms with Crippen LogP contribution >= 0.6 is 0 Å². The van der Waals surface area contributed by atoms with E-state index < -0.39 is 0 Å². The summed E-state index contributed by atoms with van der Waals surface area (Å²) in [6.07, 6.45) is 2.19. The molecule has 1 aromatic rings. The highest BCUT2D eigenvalue weighted by Crippen LogP contribution is 2.16. The Kier molecular flexibility index (Phi) is 4.20. The molecule has 1 unspecified atom stereocenters. The van der Waals surface area contributed by atoms with Crippen molar-refractivity contribution in [2.24, 2.45) is 0 Å². The van der Waals surface area contributed by atoms with Gasteiger partial charge in [-0.05, 0) is 37.6 Å². The first-order valence-corrected chi connectivity index (χ1v) is 6.34. The van der Waals surface area contributed by atoms with Crippen molar-refractivity contribution in [1.29, 1.82) is 0 Å². The lowest BCUT2D eigenvalue weighted by molar-refractivity contribution is 0.0708. The predicted molar refractivity (Wildman–Crippen MR) is 71.0 cm³/mol. The molecule has 1 aromatic carbocycles. The lowest BCUT2D eigenvalue weighted by atomic mass is 10.1. The minimum atomic E-state index is 0.0580. The maximum atomic E-state index is 12.4. The maximum absolute atomic E-state index is 12.4. The van der Waals surface area contributed by atoms with Crippen LogP contribution in [-0.4, -0.2) is 44.1 Å². The summed E-state index contributed by atoms with van der Waals surface area (Å²) in [6.45, 7) is 1.93. The van der Waals surface area contributed by atoms with Crippen LogP contribution in [0.2, 0.25) is 0 Å². The number of benzene rings is 1. The molecule has 1 aliphatic heterocycles. The topological polar surface area (TPSA) is 41.6 Å². The van der Waals surface area contributed by atoms with E-state index in [-0.39, 0.29) is 11.9 Å². The fourth-order valence-electron chi connectivity index (χ4n) is 2.29. The highest BCUT2D eigenvalue weighted by molar-refractivity contribution is 5.94. The van der Waals surface area contributed by atoms with Gasteiger partial charge < -0.3 is 15.0 Å². The second kappa shape index (κ2) is 5.87. The number of nitrogens with zero attached hydrogens (tertiary/aromatic N) is 1. The van der Waals surface area contributed by atoms with Crippen LogP contribution in [-0.2, 0) is 0 Å². The first-order chi connectivity index (χ1) is 8.72. The number of likely N-dealkylation sites (N-methyl/N-ethyl adjacent to an activating group) is 1. The number of carbonyl (C=O) groups excluding carboxylic acids is 1. The summed E-state index contributed by atoms with van der Waals surface area (Å²) in [5.41, 5.74) is 0.683. The van der Waals surface area contributed by atoms with Gasteiger partial charge in [-0.25, -0.2) is 0 Å². The summed E-state index contributed by atoms with van der Waals surface area (Å²) < 4.78 is 5.15. The van der Waals surface area contributed by atoms with Crippen LogP contribution in [0.1, 0.15) is 23.2 Å². The summed E-state index contributed by atoms with van der Waals surface area (Å²) in [7, 11) is 3.48. The third-order valence-electron chi connectivity index (χ3n) is 3.46. The van der Waals surface area contributed by atoms with E-state index in [4.69, 9.17) is 4.74 Å². The van der Waals surface area contributed by atoms with Crippen LogP contribution in [0.15, 0.2) is 24.3 Å². The molecular weight excluding hydrogens is 228 g/mol. The fourth-order valence-corrected chi connectivity index (χ4v) is 2.29. The molecule has 1 aliphatic rings. The van der Waals surface area contributed by atoms with Gasteiger partial charge in [0.15, 0.2) is 0 Å². The SMILES string of the molecule is COc1cccc(C(=O)N(C)C2CCCNC2)c1. The highest BCUT2D eigenvalue weighted by Gasteiger charge is 2.22. The van der Waals surface area contributed by atoms with Gasteiger partial charge in [0.1, 0.15) is 5.75 Å². The number of nitrogens with one attached hydrogen (secondary N) is 1. The molecule has 1 amide bonds. The number of hydrogen-bond acceptors (Lipinski definition) is 3. The molecule has 1 heterocycles. The van der Waals surface area contributed by atoms with Gasteiger partial charge in [0.25, 0.3) is 5.91 Å². The molecule has 4 heteroatoms. The average Bonchev–Trinajstić information content (AvgIpc) is 2.46. The summed E-state index contributed by atoms with van der Waals surface area (Å²) in [5.74, 6) is 0.776. The fraction of sp³-hybridized carbons (Fsp3) is 0.500. The van der Waals surface area contributed by atoms with E-state index in [2.05, 4.69) is 5.32 Å². The molecule has 2 rings (SSSR count). The van der Waals surface area contributed by atoms with Gasteiger partial charge in [0.2, 0.25) is 0 Å². The predicted octanol–water partition coefficient (Wildman–Crippen LogP) is 1.52. The lowest BCUT2D eigenvalue weighted by Crippen LogP contribution is -2.46. The third-order valence-corrected chi connectivity index (χ3v) is 3.46. The van der Waals surface area contributed by atoms with Gasteiger partial charge in [-0.15, -0.1) is 0 Å². The van der Waals surface area contributed by atoms with Crippen LogP contribution in [0.25, 0.3) is 0 Å². The van der Waals surface area contributed by atoms with Gasteiger partial charge in [0.05, 0.1) is 7.11 Å². The van der Waals surface area contributed by atoms with Crippen LogP contribution in [0.3, 0.4) is 0 Å². The normalized spacial score (nSPS) is 19.3. The summed E-state index contributed by atoms with van der Waals surface area (Å²) in [4.78, 5) is 14.2. The van der Waals surface area contributed by atoms with Crippen molar-refractivity contribution in [3.8, 4) is 5.75 Å². The second-order valence-corrected chi connectivity index (χ2v) is 4.65. The lowest BCUT2D eigenvalue weighted by Gasteiger charge is -2.31. The Morgan fingerprint density at radius 2 is 2.33 bits per heavy atom. The van der Waals surface area contributed by atoms with Crippen molar-refractivity contribution in [3.63, 3.8) is 0 Å². The van der Waals surface area contributed by atoms with Gasteiger partial charge >= 0.3 is 0 Å². The van der Waals surface area contributed by atoms with E-state index in [0.29, 0.717) is 5.56 Å². The Balaban J connectivity index is 2.09. The van der Waals surface area contributed by atoms with E-state index >= 15 is 0 Å². The summed E-state index contributed by atoms with van der Waals surface area (Å²) in [5, 5.41) is 3.33. The van der Waals surface area contributed by atoms with Crippen LogP contribution in [0.4, 0.5) is 0 Å². The molecule has 1 N–H and O–H groups in total. The molecule has 0 aromatic heterocycles. The Labute approximate surface area is 108 Å². The number of hydrogen-bond donors (Lipinski definition) is 1. The Bertz CT molecular complexity index is 414. The van der Waals surface area contributed by atoms with E-state index in [9.17, 15) is 4.79 Å².